The number of methoxy groups -OCH3 is 1. The molecule has 2 atom stereocenters. The van der Waals surface area contributed by atoms with Gasteiger partial charge in [0.1, 0.15) is 11.9 Å². The van der Waals surface area contributed by atoms with Gasteiger partial charge in [0, 0.05) is 61.9 Å². The number of para-hydroxylation sites is 1. The summed E-state index contributed by atoms with van der Waals surface area (Å²) in [6.45, 7) is 6.88. The predicted molar refractivity (Wildman–Crippen MR) is 153 cm³/mol. The van der Waals surface area contributed by atoms with E-state index in [1.165, 1.54) is 4.90 Å². The van der Waals surface area contributed by atoms with Gasteiger partial charge < -0.3 is 24.4 Å². The molecule has 1 aromatic heterocycles. The maximum absolute atomic E-state index is 13.5. The molecule has 2 aromatic carbocycles. The number of fused-ring (bicyclic) bond motifs is 3. The van der Waals surface area contributed by atoms with Crippen molar-refractivity contribution in [3.8, 4) is 0 Å². The standard InChI is InChI=1S/C30H37ClN4O4/c1-30(2,3)34(15-16-39-6)28(37)20-13-11-19(12-14-20)27-26-22(21-9-7-8-10-23(21)32-26)17-24(29(38)33(4)5)35(27)25(36)18-31/h7-14,24,27,32H,15-18H2,1-6H3/t24-,27+/m1/s1. The zero-order valence-corrected chi connectivity index (χ0v) is 24.2. The molecule has 2 heterocycles. The lowest BCUT2D eigenvalue weighted by Gasteiger charge is -2.42. The Morgan fingerprint density at radius 2 is 1.74 bits per heavy atom. The SMILES string of the molecule is COCCN(C(=O)c1ccc([C@H]2c3[nH]c4ccccc4c3C[C@H](C(=O)N(C)C)N2C(=O)CCl)cc1)C(C)(C)C. The van der Waals surface area contributed by atoms with Gasteiger partial charge in [0.05, 0.1) is 12.6 Å². The van der Waals surface area contributed by atoms with E-state index in [1.54, 1.807) is 43.1 Å². The van der Waals surface area contributed by atoms with E-state index in [2.05, 4.69) is 4.98 Å². The predicted octanol–water partition coefficient (Wildman–Crippen LogP) is 4.22. The van der Waals surface area contributed by atoms with Crippen LogP contribution in [0.25, 0.3) is 10.9 Å². The van der Waals surface area contributed by atoms with Crippen LogP contribution in [0.4, 0.5) is 0 Å². The number of likely N-dealkylation sites (N-methyl/N-ethyl adjacent to an activating group) is 1. The maximum atomic E-state index is 13.5. The molecule has 208 valence electrons. The Kier molecular flexibility index (Phi) is 8.37. The summed E-state index contributed by atoms with van der Waals surface area (Å²) in [5, 5.41) is 1.03. The third kappa shape index (κ3) is 5.54. The Balaban J connectivity index is 1.82. The Labute approximate surface area is 234 Å². The highest BCUT2D eigenvalue weighted by atomic mass is 35.5. The third-order valence-electron chi connectivity index (χ3n) is 7.31. The number of hydrogen-bond acceptors (Lipinski definition) is 4. The zero-order valence-electron chi connectivity index (χ0n) is 23.5. The number of benzene rings is 2. The lowest BCUT2D eigenvalue weighted by molar-refractivity contribution is -0.145. The molecule has 39 heavy (non-hydrogen) atoms. The molecule has 8 nitrogen and oxygen atoms in total. The Morgan fingerprint density at radius 1 is 1.08 bits per heavy atom. The number of H-pyrrole nitrogens is 1. The maximum Gasteiger partial charge on any atom is 0.254 e. The topological polar surface area (TPSA) is 85.9 Å². The number of carbonyl (C=O) groups is 3. The molecule has 4 rings (SSSR count). The van der Waals surface area contributed by atoms with Gasteiger partial charge in [-0.2, -0.15) is 0 Å². The molecule has 0 saturated heterocycles. The van der Waals surface area contributed by atoms with E-state index in [9.17, 15) is 14.4 Å². The van der Waals surface area contributed by atoms with E-state index in [4.69, 9.17) is 16.3 Å². The number of carbonyl (C=O) groups excluding carboxylic acids is 3. The van der Waals surface area contributed by atoms with Crippen molar-refractivity contribution < 1.29 is 19.1 Å². The first-order valence-electron chi connectivity index (χ1n) is 13.1. The summed E-state index contributed by atoms with van der Waals surface area (Å²) < 4.78 is 5.22. The summed E-state index contributed by atoms with van der Waals surface area (Å²) in [5.41, 5.74) is 3.73. The zero-order chi connectivity index (χ0) is 28.5. The van der Waals surface area contributed by atoms with Crippen molar-refractivity contribution in [1.82, 2.24) is 19.7 Å². The van der Waals surface area contributed by atoms with Crippen molar-refractivity contribution in [2.75, 3.05) is 40.2 Å². The first-order chi connectivity index (χ1) is 18.5. The molecule has 1 N–H and O–H groups in total. The molecule has 0 spiro atoms. The van der Waals surface area contributed by atoms with Gasteiger partial charge in [-0.05, 0) is 50.1 Å². The van der Waals surface area contributed by atoms with Crippen LogP contribution in [-0.4, -0.2) is 89.2 Å². The molecule has 0 radical (unpaired) electrons. The highest BCUT2D eigenvalue weighted by molar-refractivity contribution is 6.27. The van der Waals surface area contributed by atoms with Crippen LogP contribution < -0.4 is 0 Å². The smallest absolute Gasteiger partial charge is 0.254 e. The second kappa shape index (κ2) is 11.4. The van der Waals surface area contributed by atoms with E-state index in [1.807, 2.05) is 57.2 Å². The van der Waals surface area contributed by atoms with E-state index in [-0.39, 0.29) is 29.1 Å². The van der Waals surface area contributed by atoms with Crippen LogP contribution in [0.5, 0.6) is 0 Å². The summed E-state index contributed by atoms with van der Waals surface area (Å²) >= 11 is 6.09. The number of aromatic amines is 1. The lowest BCUT2D eigenvalue weighted by Crippen LogP contribution is -2.54. The third-order valence-corrected chi connectivity index (χ3v) is 7.54. The highest BCUT2D eigenvalue weighted by Crippen LogP contribution is 2.41. The largest absolute Gasteiger partial charge is 0.383 e. The van der Waals surface area contributed by atoms with Gasteiger partial charge in [0.2, 0.25) is 11.8 Å². The van der Waals surface area contributed by atoms with E-state index in [0.29, 0.717) is 25.1 Å². The summed E-state index contributed by atoms with van der Waals surface area (Å²) in [4.78, 5) is 48.6. The van der Waals surface area contributed by atoms with Gasteiger partial charge in [-0.3, -0.25) is 14.4 Å². The van der Waals surface area contributed by atoms with Crippen LogP contribution in [0.2, 0.25) is 0 Å². The van der Waals surface area contributed by atoms with Gasteiger partial charge in [-0.25, -0.2) is 0 Å². The molecule has 1 aliphatic rings. The normalized spacial score (nSPS) is 17.2. The number of amides is 3. The molecular weight excluding hydrogens is 516 g/mol. The first kappa shape index (κ1) is 28.6. The number of aromatic nitrogens is 1. The molecule has 3 amide bonds. The molecule has 1 aliphatic heterocycles. The molecule has 0 unspecified atom stereocenters. The van der Waals surface area contributed by atoms with Crippen LogP contribution >= 0.6 is 11.6 Å². The fourth-order valence-corrected chi connectivity index (χ4v) is 5.53. The Bertz CT molecular complexity index is 1360. The minimum atomic E-state index is -0.713. The molecule has 9 heteroatoms. The lowest BCUT2D eigenvalue weighted by atomic mass is 9.87. The van der Waals surface area contributed by atoms with Crippen LogP contribution in [0, 0.1) is 0 Å². The molecule has 3 aromatic rings. The molecule has 0 aliphatic carbocycles. The summed E-state index contributed by atoms with van der Waals surface area (Å²) in [6, 6.07) is 13.9. The van der Waals surface area contributed by atoms with Crippen molar-refractivity contribution in [1.29, 1.82) is 0 Å². The summed E-state index contributed by atoms with van der Waals surface area (Å²) in [7, 11) is 5.00. The Morgan fingerprint density at radius 3 is 2.33 bits per heavy atom. The second-order valence-corrected chi connectivity index (χ2v) is 11.4. The van der Waals surface area contributed by atoms with Crippen molar-refractivity contribution >= 4 is 40.2 Å². The number of nitrogens with one attached hydrogen (secondary N) is 1. The molecule has 0 saturated carbocycles. The fourth-order valence-electron chi connectivity index (χ4n) is 5.39. The minimum Gasteiger partial charge on any atom is -0.383 e. The highest BCUT2D eigenvalue weighted by Gasteiger charge is 2.43. The summed E-state index contributed by atoms with van der Waals surface area (Å²) in [5.74, 6) is -0.847. The van der Waals surface area contributed by atoms with Crippen LogP contribution in [0.3, 0.4) is 0 Å². The molecule has 0 bridgehead atoms. The van der Waals surface area contributed by atoms with Crippen molar-refractivity contribution in [3.05, 3.63) is 70.9 Å². The van der Waals surface area contributed by atoms with Gasteiger partial charge in [0.25, 0.3) is 5.91 Å². The molecular formula is C30H37ClN4O4. The van der Waals surface area contributed by atoms with E-state index >= 15 is 0 Å². The van der Waals surface area contributed by atoms with Gasteiger partial charge in [0.15, 0.2) is 0 Å². The quantitative estimate of drug-likeness (QED) is 0.445. The number of alkyl halides is 1. The van der Waals surface area contributed by atoms with Crippen LogP contribution in [-0.2, 0) is 20.7 Å². The minimum absolute atomic E-state index is 0.101. The second-order valence-electron chi connectivity index (χ2n) is 11.1. The van der Waals surface area contributed by atoms with Crippen molar-refractivity contribution in [2.45, 2.75) is 44.8 Å². The summed E-state index contributed by atoms with van der Waals surface area (Å²) in [6.07, 6.45) is 0.381. The number of rotatable bonds is 7. The fraction of sp³-hybridized carbons (Fsp3) is 0.433. The van der Waals surface area contributed by atoms with Crippen LogP contribution in [0.15, 0.2) is 48.5 Å². The number of nitrogens with zero attached hydrogens (tertiary/aromatic N) is 3. The Hall–Kier alpha value is -3.36. The van der Waals surface area contributed by atoms with E-state index in [0.717, 1.165) is 27.7 Å². The van der Waals surface area contributed by atoms with Crippen molar-refractivity contribution in [2.24, 2.45) is 0 Å². The number of ether oxygens (including phenoxy) is 1. The first-order valence-corrected chi connectivity index (χ1v) is 13.6. The number of hydrogen-bond donors (Lipinski definition) is 1. The average Bonchev–Trinajstić information content (AvgIpc) is 3.29. The van der Waals surface area contributed by atoms with Gasteiger partial charge in [-0.1, -0.05) is 30.3 Å². The van der Waals surface area contributed by atoms with E-state index < -0.39 is 12.1 Å². The van der Waals surface area contributed by atoms with Gasteiger partial charge >= 0.3 is 0 Å². The monoisotopic (exact) mass is 552 g/mol. The number of halogens is 1. The van der Waals surface area contributed by atoms with Crippen molar-refractivity contribution in [3.63, 3.8) is 0 Å². The van der Waals surface area contributed by atoms with Crippen LogP contribution in [0.1, 0.15) is 54.0 Å². The average molecular weight is 553 g/mol. The van der Waals surface area contributed by atoms with Gasteiger partial charge in [-0.15, -0.1) is 11.6 Å². The molecule has 0 fully saturated rings.